The topological polar surface area (TPSA) is 61.4 Å². The summed E-state index contributed by atoms with van der Waals surface area (Å²) in [5.41, 5.74) is 2.08. The van der Waals surface area contributed by atoms with Gasteiger partial charge in [0.15, 0.2) is 0 Å². The zero-order valence-corrected chi connectivity index (χ0v) is 16.4. The molecule has 28 heavy (non-hydrogen) atoms. The van der Waals surface area contributed by atoms with Crippen LogP contribution in [0.4, 0.5) is 5.95 Å². The molecule has 1 aromatic carbocycles. The molecule has 6 nitrogen and oxygen atoms in total. The Morgan fingerprint density at radius 2 is 1.75 bits per heavy atom. The number of rotatable bonds is 6. The third-order valence-corrected chi connectivity index (χ3v) is 5.79. The minimum atomic E-state index is 0.00479. The number of thiophene rings is 1. The smallest absolute Gasteiger partial charge is 0.262 e. The Labute approximate surface area is 168 Å². The zero-order valence-electron chi connectivity index (χ0n) is 15.6. The van der Waals surface area contributed by atoms with E-state index in [2.05, 4.69) is 25.1 Å². The number of carbonyl (C=O) groups excluding carboxylic acids is 1. The van der Waals surface area contributed by atoms with E-state index in [1.807, 2.05) is 47.8 Å². The number of anilines is 1. The molecule has 0 bridgehead atoms. The molecule has 2 aromatic heterocycles. The maximum absolute atomic E-state index is 12.6. The maximum atomic E-state index is 12.6. The van der Waals surface area contributed by atoms with Crippen LogP contribution in [-0.2, 0) is 0 Å². The van der Waals surface area contributed by atoms with Crippen LogP contribution in [0.5, 0.6) is 0 Å². The second-order valence-corrected chi connectivity index (χ2v) is 7.58. The van der Waals surface area contributed by atoms with Gasteiger partial charge in [-0.05, 0) is 23.1 Å². The van der Waals surface area contributed by atoms with Crippen LogP contribution < -0.4 is 10.2 Å². The van der Waals surface area contributed by atoms with Crippen molar-refractivity contribution in [1.82, 2.24) is 20.2 Å². The summed E-state index contributed by atoms with van der Waals surface area (Å²) in [7, 11) is 0. The van der Waals surface area contributed by atoms with Crippen molar-refractivity contribution in [2.24, 2.45) is 0 Å². The van der Waals surface area contributed by atoms with Crippen molar-refractivity contribution in [1.29, 1.82) is 0 Å². The fraction of sp³-hybridized carbons (Fsp3) is 0.286. The molecule has 1 aliphatic heterocycles. The van der Waals surface area contributed by atoms with E-state index in [-0.39, 0.29) is 5.91 Å². The molecule has 1 fully saturated rings. The van der Waals surface area contributed by atoms with E-state index < -0.39 is 0 Å². The molecule has 3 aromatic rings. The third-order valence-electron chi connectivity index (χ3n) is 4.88. The first-order valence-corrected chi connectivity index (χ1v) is 10.3. The number of nitrogens with one attached hydrogen (secondary N) is 1. The third kappa shape index (κ3) is 4.37. The van der Waals surface area contributed by atoms with Crippen LogP contribution in [0.15, 0.2) is 60.2 Å². The van der Waals surface area contributed by atoms with Crippen molar-refractivity contribution in [2.75, 3.05) is 44.2 Å². The average molecular weight is 394 g/mol. The molecular weight excluding hydrogens is 370 g/mol. The van der Waals surface area contributed by atoms with Gasteiger partial charge in [0, 0.05) is 57.2 Å². The number of benzene rings is 1. The largest absolute Gasteiger partial charge is 0.350 e. The molecule has 0 unspecified atom stereocenters. The molecule has 0 saturated carbocycles. The van der Waals surface area contributed by atoms with Crippen molar-refractivity contribution in [3.63, 3.8) is 0 Å². The highest BCUT2D eigenvalue weighted by Gasteiger charge is 2.19. The summed E-state index contributed by atoms with van der Waals surface area (Å²) in [5, 5.41) is 5.05. The number of carbonyl (C=O) groups is 1. The van der Waals surface area contributed by atoms with Gasteiger partial charge >= 0.3 is 0 Å². The maximum Gasteiger partial charge on any atom is 0.262 e. The van der Waals surface area contributed by atoms with Gasteiger partial charge in [0.2, 0.25) is 5.95 Å². The molecule has 7 heteroatoms. The van der Waals surface area contributed by atoms with Crippen molar-refractivity contribution in [3.8, 4) is 11.1 Å². The Balaban J connectivity index is 1.25. The lowest BCUT2D eigenvalue weighted by molar-refractivity contribution is 0.0952. The summed E-state index contributed by atoms with van der Waals surface area (Å²) in [5.74, 6) is 0.798. The lowest BCUT2D eigenvalue weighted by atomic mass is 10.1. The number of hydrogen-bond acceptors (Lipinski definition) is 6. The fourth-order valence-corrected chi connectivity index (χ4v) is 4.20. The molecule has 1 saturated heterocycles. The molecule has 3 heterocycles. The molecule has 4 rings (SSSR count). The first-order chi connectivity index (χ1) is 13.8. The van der Waals surface area contributed by atoms with Gasteiger partial charge in [0.1, 0.15) is 0 Å². The molecule has 0 atom stereocenters. The standard InChI is InChI=1S/C21H23N5OS/c27-20(19-18(7-16-28-19)17-5-2-1-3-6-17)22-10-11-25-12-14-26(15-13-25)21-23-8-4-9-24-21/h1-9,16H,10-15H2,(H,22,27). The molecule has 1 N–H and O–H groups in total. The van der Waals surface area contributed by atoms with Crippen LogP contribution >= 0.6 is 11.3 Å². The second-order valence-electron chi connectivity index (χ2n) is 6.66. The van der Waals surface area contributed by atoms with E-state index in [1.165, 1.54) is 11.3 Å². The minimum absolute atomic E-state index is 0.00479. The van der Waals surface area contributed by atoms with Gasteiger partial charge in [-0.25, -0.2) is 9.97 Å². The Morgan fingerprint density at radius 1 is 1.00 bits per heavy atom. The van der Waals surface area contributed by atoms with Crippen molar-refractivity contribution < 1.29 is 4.79 Å². The number of piperazine rings is 1. The van der Waals surface area contributed by atoms with Crippen molar-refractivity contribution in [2.45, 2.75) is 0 Å². The van der Waals surface area contributed by atoms with Gasteiger partial charge in [-0.15, -0.1) is 11.3 Å². The van der Waals surface area contributed by atoms with Gasteiger partial charge in [0.05, 0.1) is 4.88 Å². The van der Waals surface area contributed by atoms with Gasteiger partial charge in [-0.3, -0.25) is 9.69 Å². The van der Waals surface area contributed by atoms with Crippen LogP contribution in [-0.4, -0.2) is 60.0 Å². The van der Waals surface area contributed by atoms with E-state index in [1.54, 1.807) is 12.4 Å². The lowest BCUT2D eigenvalue weighted by Crippen LogP contribution is -2.49. The van der Waals surface area contributed by atoms with E-state index in [0.717, 1.165) is 54.7 Å². The first-order valence-electron chi connectivity index (χ1n) is 9.47. The molecule has 1 amide bonds. The summed E-state index contributed by atoms with van der Waals surface area (Å²) in [6.07, 6.45) is 3.55. The lowest BCUT2D eigenvalue weighted by Gasteiger charge is -2.34. The second kappa shape index (κ2) is 8.95. The minimum Gasteiger partial charge on any atom is -0.350 e. The molecule has 0 aliphatic carbocycles. The van der Waals surface area contributed by atoms with Crippen LogP contribution in [0, 0.1) is 0 Å². The normalized spacial score (nSPS) is 14.8. The quantitative estimate of drug-likeness (QED) is 0.698. The molecule has 0 radical (unpaired) electrons. The van der Waals surface area contributed by atoms with Gasteiger partial charge in [0.25, 0.3) is 5.91 Å². The molecule has 144 valence electrons. The Kier molecular flexibility index (Phi) is 5.94. The SMILES string of the molecule is O=C(NCCN1CCN(c2ncccn2)CC1)c1sccc1-c1ccccc1. The highest BCUT2D eigenvalue weighted by molar-refractivity contribution is 7.12. The van der Waals surface area contributed by atoms with Crippen molar-refractivity contribution in [3.05, 3.63) is 65.1 Å². The van der Waals surface area contributed by atoms with E-state index >= 15 is 0 Å². The summed E-state index contributed by atoms with van der Waals surface area (Å²) in [4.78, 5) is 26.6. The Hall–Kier alpha value is -2.77. The fourth-order valence-electron chi connectivity index (χ4n) is 3.36. The number of nitrogens with zero attached hydrogens (tertiary/aromatic N) is 4. The number of aromatic nitrogens is 2. The predicted molar refractivity (Wildman–Crippen MR) is 113 cm³/mol. The number of amides is 1. The Morgan fingerprint density at radius 3 is 2.50 bits per heavy atom. The Bertz CT molecular complexity index is 891. The highest BCUT2D eigenvalue weighted by Crippen LogP contribution is 2.27. The summed E-state index contributed by atoms with van der Waals surface area (Å²) >= 11 is 1.49. The van der Waals surface area contributed by atoms with E-state index in [9.17, 15) is 4.79 Å². The van der Waals surface area contributed by atoms with Gasteiger partial charge in [-0.1, -0.05) is 30.3 Å². The van der Waals surface area contributed by atoms with E-state index in [4.69, 9.17) is 0 Å². The zero-order chi connectivity index (χ0) is 19.2. The van der Waals surface area contributed by atoms with Crippen LogP contribution in [0.2, 0.25) is 0 Å². The van der Waals surface area contributed by atoms with E-state index in [0.29, 0.717) is 6.54 Å². The summed E-state index contributed by atoms with van der Waals surface area (Å²) in [6.45, 7) is 5.20. The molecule has 1 aliphatic rings. The van der Waals surface area contributed by atoms with Gasteiger partial charge in [-0.2, -0.15) is 0 Å². The first kappa shape index (κ1) is 18.6. The highest BCUT2D eigenvalue weighted by atomic mass is 32.1. The van der Waals surface area contributed by atoms with Crippen LogP contribution in [0.3, 0.4) is 0 Å². The molecular formula is C21H23N5OS. The molecule has 0 spiro atoms. The van der Waals surface area contributed by atoms with Crippen LogP contribution in [0.25, 0.3) is 11.1 Å². The number of hydrogen-bond donors (Lipinski definition) is 1. The average Bonchev–Trinajstić information content (AvgIpc) is 3.26. The summed E-state index contributed by atoms with van der Waals surface area (Å²) < 4.78 is 0. The predicted octanol–water partition coefficient (Wildman–Crippen LogP) is 2.76. The monoisotopic (exact) mass is 393 g/mol. The van der Waals surface area contributed by atoms with Gasteiger partial charge < -0.3 is 10.2 Å². The summed E-state index contributed by atoms with van der Waals surface area (Å²) in [6, 6.07) is 13.9. The van der Waals surface area contributed by atoms with Crippen molar-refractivity contribution >= 4 is 23.2 Å². The van der Waals surface area contributed by atoms with Crippen LogP contribution in [0.1, 0.15) is 9.67 Å².